The molecule has 2 aromatic rings. The van der Waals surface area contributed by atoms with Crippen LogP contribution in [-0.4, -0.2) is 19.2 Å². The van der Waals surface area contributed by atoms with E-state index in [0.717, 1.165) is 11.3 Å². The van der Waals surface area contributed by atoms with Crippen molar-refractivity contribution in [2.75, 3.05) is 13.2 Å². The number of ether oxygens (including phenoxy) is 2. The van der Waals surface area contributed by atoms with E-state index in [1.807, 2.05) is 60.7 Å². The van der Waals surface area contributed by atoms with Gasteiger partial charge in [-0.15, -0.1) is 0 Å². The summed E-state index contributed by atoms with van der Waals surface area (Å²) in [4.78, 5) is 11.4. The maximum absolute atomic E-state index is 11.4. The van der Waals surface area contributed by atoms with Gasteiger partial charge in [-0.25, -0.2) is 4.79 Å². The summed E-state index contributed by atoms with van der Waals surface area (Å²) >= 11 is 0. The highest BCUT2D eigenvalue weighted by Crippen LogP contribution is 2.21. The topological polar surface area (TPSA) is 47.6 Å². The predicted molar refractivity (Wildman–Crippen MR) is 81.3 cm³/mol. The van der Waals surface area contributed by atoms with Crippen molar-refractivity contribution in [3.05, 3.63) is 66.2 Å². The molecule has 1 unspecified atom stereocenters. The van der Waals surface area contributed by atoms with Gasteiger partial charge in [0.05, 0.1) is 13.2 Å². The molecular formula is C17H19NO3. The zero-order valence-corrected chi connectivity index (χ0v) is 12.0. The minimum Gasteiger partial charge on any atom is -0.484 e. The van der Waals surface area contributed by atoms with Crippen molar-refractivity contribution in [3.8, 4) is 5.75 Å². The Bertz CT molecular complexity index is 542. The summed E-state index contributed by atoms with van der Waals surface area (Å²) < 4.78 is 10.8. The van der Waals surface area contributed by atoms with Gasteiger partial charge in [0.1, 0.15) is 11.9 Å². The number of hydrogen-bond acceptors (Lipinski definition) is 3. The highest BCUT2D eigenvalue weighted by atomic mass is 16.5. The van der Waals surface area contributed by atoms with Gasteiger partial charge in [-0.05, 0) is 24.6 Å². The monoisotopic (exact) mass is 285 g/mol. The van der Waals surface area contributed by atoms with Crippen molar-refractivity contribution in [3.63, 3.8) is 0 Å². The number of benzene rings is 2. The van der Waals surface area contributed by atoms with Crippen LogP contribution in [0.25, 0.3) is 0 Å². The number of rotatable bonds is 6. The Hall–Kier alpha value is -2.49. The Morgan fingerprint density at radius 3 is 2.29 bits per heavy atom. The fraction of sp³-hybridized carbons (Fsp3) is 0.235. The number of hydrogen-bond donors (Lipinski definition) is 1. The van der Waals surface area contributed by atoms with E-state index in [2.05, 4.69) is 5.32 Å². The number of carbonyl (C=O) groups excluding carboxylic acids is 1. The van der Waals surface area contributed by atoms with Crippen LogP contribution in [0.5, 0.6) is 5.75 Å². The molecule has 0 aliphatic heterocycles. The summed E-state index contributed by atoms with van der Waals surface area (Å²) in [6.07, 6.45) is -0.701. The Morgan fingerprint density at radius 1 is 1.05 bits per heavy atom. The summed E-state index contributed by atoms with van der Waals surface area (Å²) in [5, 5.41) is 2.72. The number of nitrogens with one attached hydrogen (secondary N) is 1. The van der Waals surface area contributed by atoms with Crippen LogP contribution in [0, 0.1) is 0 Å². The first kappa shape index (κ1) is 14.9. The first-order valence-corrected chi connectivity index (χ1v) is 6.97. The fourth-order valence-electron chi connectivity index (χ4n) is 1.92. The van der Waals surface area contributed by atoms with Crippen LogP contribution in [0.2, 0.25) is 0 Å². The van der Waals surface area contributed by atoms with Crippen molar-refractivity contribution in [1.82, 2.24) is 5.32 Å². The van der Waals surface area contributed by atoms with Crippen LogP contribution in [0.1, 0.15) is 18.6 Å². The third kappa shape index (κ3) is 4.84. The highest BCUT2D eigenvalue weighted by molar-refractivity contribution is 5.67. The number of carbonyl (C=O) groups is 1. The van der Waals surface area contributed by atoms with E-state index in [9.17, 15) is 4.79 Å². The molecule has 0 spiro atoms. The molecule has 1 N–H and O–H groups in total. The van der Waals surface area contributed by atoms with Gasteiger partial charge >= 0.3 is 6.09 Å². The van der Waals surface area contributed by atoms with Crippen molar-refractivity contribution >= 4 is 6.09 Å². The van der Waals surface area contributed by atoms with Gasteiger partial charge < -0.3 is 14.8 Å². The molecule has 0 aliphatic carbocycles. The lowest BCUT2D eigenvalue weighted by atomic mass is 10.1. The molecule has 0 radical (unpaired) electrons. The maximum atomic E-state index is 11.4. The molecule has 0 heterocycles. The van der Waals surface area contributed by atoms with Gasteiger partial charge in [0, 0.05) is 0 Å². The minimum atomic E-state index is -0.435. The lowest BCUT2D eigenvalue weighted by Crippen LogP contribution is -2.31. The third-order valence-electron chi connectivity index (χ3n) is 2.90. The van der Waals surface area contributed by atoms with Crippen LogP contribution in [0.15, 0.2) is 60.7 Å². The van der Waals surface area contributed by atoms with Crippen LogP contribution in [0.3, 0.4) is 0 Å². The number of alkyl carbamates (subject to hydrolysis) is 1. The van der Waals surface area contributed by atoms with Crippen LogP contribution in [0.4, 0.5) is 4.79 Å². The molecule has 1 amide bonds. The first-order chi connectivity index (χ1) is 10.3. The highest BCUT2D eigenvalue weighted by Gasteiger charge is 2.14. The van der Waals surface area contributed by atoms with Crippen molar-refractivity contribution < 1.29 is 14.3 Å². The summed E-state index contributed by atoms with van der Waals surface area (Å²) in [5.74, 6) is 0.761. The average Bonchev–Trinajstić information content (AvgIpc) is 2.53. The lowest BCUT2D eigenvalue weighted by Gasteiger charge is -2.20. The molecule has 2 rings (SSSR count). The van der Waals surface area contributed by atoms with Gasteiger partial charge in [0.15, 0.2) is 0 Å². The number of amides is 1. The largest absolute Gasteiger partial charge is 0.484 e. The second kappa shape index (κ2) is 7.94. The van der Waals surface area contributed by atoms with Crippen LogP contribution >= 0.6 is 0 Å². The molecule has 2 aromatic carbocycles. The van der Waals surface area contributed by atoms with Gasteiger partial charge in [-0.3, -0.25) is 0 Å². The summed E-state index contributed by atoms with van der Waals surface area (Å²) in [6.45, 7) is 2.47. The summed E-state index contributed by atoms with van der Waals surface area (Å²) in [6, 6.07) is 19.3. The predicted octanol–water partition coefficient (Wildman–Crippen LogP) is 3.55. The molecule has 0 bridgehead atoms. The molecule has 0 saturated heterocycles. The molecule has 1 atom stereocenters. The fourth-order valence-corrected chi connectivity index (χ4v) is 1.92. The maximum Gasteiger partial charge on any atom is 0.407 e. The third-order valence-corrected chi connectivity index (χ3v) is 2.90. The van der Waals surface area contributed by atoms with E-state index < -0.39 is 6.09 Å². The SMILES string of the molecule is CCOC(=O)NCC(Oc1ccccc1)c1ccccc1. The smallest absolute Gasteiger partial charge is 0.407 e. The van der Waals surface area contributed by atoms with Gasteiger partial charge in [-0.1, -0.05) is 48.5 Å². The second-order valence-electron chi connectivity index (χ2n) is 4.43. The number of para-hydroxylation sites is 1. The minimum absolute atomic E-state index is 0.266. The van der Waals surface area contributed by atoms with E-state index in [1.165, 1.54) is 0 Å². The first-order valence-electron chi connectivity index (χ1n) is 6.97. The van der Waals surface area contributed by atoms with E-state index >= 15 is 0 Å². The molecule has 0 aromatic heterocycles. The normalized spacial score (nSPS) is 11.5. The van der Waals surface area contributed by atoms with Crippen LogP contribution in [-0.2, 0) is 4.74 Å². The molecule has 4 nitrogen and oxygen atoms in total. The zero-order chi connectivity index (χ0) is 14.9. The molecule has 110 valence electrons. The van der Waals surface area contributed by atoms with Crippen LogP contribution < -0.4 is 10.1 Å². The molecular weight excluding hydrogens is 266 g/mol. The Balaban J connectivity index is 2.06. The van der Waals surface area contributed by atoms with Gasteiger partial charge in [0.2, 0.25) is 0 Å². The Labute approximate surface area is 124 Å². The van der Waals surface area contributed by atoms with Crippen molar-refractivity contribution in [1.29, 1.82) is 0 Å². The van der Waals surface area contributed by atoms with E-state index in [0.29, 0.717) is 13.2 Å². The van der Waals surface area contributed by atoms with E-state index in [-0.39, 0.29) is 6.10 Å². The summed E-state index contributed by atoms with van der Waals surface area (Å²) in [5.41, 5.74) is 0.998. The summed E-state index contributed by atoms with van der Waals surface area (Å²) in [7, 11) is 0. The van der Waals surface area contributed by atoms with Crippen molar-refractivity contribution in [2.45, 2.75) is 13.0 Å². The lowest BCUT2D eigenvalue weighted by molar-refractivity contribution is 0.141. The van der Waals surface area contributed by atoms with E-state index in [4.69, 9.17) is 9.47 Å². The second-order valence-corrected chi connectivity index (χ2v) is 4.43. The van der Waals surface area contributed by atoms with Gasteiger partial charge in [0.25, 0.3) is 0 Å². The zero-order valence-electron chi connectivity index (χ0n) is 12.0. The molecule has 0 saturated carbocycles. The van der Waals surface area contributed by atoms with E-state index in [1.54, 1.807) is 6.92 Å². The average molecular weight is 285 g/mol. The molecule has 4 heteroatoms. The quantitative estimate of drug-likeness (QED) is 0.883. The molecule has 0 aliphatic rings. The molecule has 0 fully saturated rings. The Morgan fingerprint density at radius 2 is 1.67 bits per heavy atom. The van der Waals surface area contributed by atoms with Gasteiger partial charge in [-0.2, -0.15) is 0 Å². The van der Waals surface area contributed by atoms with Crippen molar-refractivity contribution in [2.24, 2.45) is 0 Å². The Kier molecular flexibility index (Phi) is 5.64. The standard InChI is InChI=1S/C17H19NO3/c1-2-20-17(19)18-13-16(14-9-5-3-6-10-14)21-15-11-7-4-8-12-15/h3-12,16H,2,13H2,1H3,(H,18,19). The molecule has 21 heavy (non-hydrogen) atoms.